The lowest BCUT2D eigenvalue weighted by molar-refractivity contribution is -0.191. The predicted octanol–water partition coefficient (Wildman–Crippen LogP) is 4.48. The largest absolute Gasteiger partial charge is 0.496 e. The molecule has 0 fully saturated rings. The van der Waals surface area contributed by atoms with E-state index in [1.807, 2.05) is 37.3 Å². The van der Waals surface area contributed by atoms with E-state index in [4.69, 9.17) is 14.3 Å². The summed E-state index contributed by atoms with van der Waals surface area (Å²) < 4.78 is 32.8. The number of nitrogens with one attached hydrogen (secondary N) is 1. The molecule has 174 valence electrons. The number of rotatable bonds is 7. The van der Waals surface area contributed by atoms with E-state index >= 15 is 0 Å². The van der Waals surface area contributed by atoms with Gasteiger partial charge in [-0.3, -0.25) is 5.32 Å². The van der Waals surface area contributed by atoms with Crippen LogP contribution in [0.5, 0.6) is 5.75 Å². The van der Waals surface area contributed by atoms with Gasteiger partial charge in [0.2, 0.25) is 0 Å². The van der Waals surface area contributed by atoms with Gasteiger partial charge in [-0.1, -0.05) is 63.9 Å². The summed E-state index contributed by atoms with van der Waals surface area (Å²) in [6.07, 6.45) is 4.62. The van der Waals surface area contributed by atoms with Crippen LogP contribution in [0.25, 0.3) is 0 Å². The molecule has 32 heavy (non-hydrogen) atoms. The van der Waals surface area contributed by atoms with Gasteiger partial charge < -0.3 is 4.74 Å². The monoisotopic (exact) mass is 459 g/mol. The Labute approximate surface area is 191 Å². The van der Waals surface area contributed by atoms with Crippen molar-refractivity contribution in [1.82, 2.24) is 5.32 Å². The van der Waals surface area contributed by atoms with Gasteiger partial charge >= 0.3 is 6.15 Å². The van der Waals surface area contributed by atoms with E-state index in [1.54, 1.807) is 7.11 Å². The Balaban J connectivity index is 0.00000114. The van der Waals surface area contributed by atoms with Gasteiger partial charge in [0, 0.05) is 5.54 Å². The first-order chi connectivity index (χ1) is 15.3. The lowest BCUT2D eigenvalue weighted by Gasteiger charge is -2.36. The highest BCUT2D eigenvalue weighted by Gasteiger charge is 2.42. The topological polar surface area (TPSA) is 89.5 Å². The van der Waals surface area contributed by atoms with Crippen LogP contribution in [0.3, 0.4) is 0 Å². The lowest BCUT2D eigenvalue weighted by Crippen LogP contribution is -2.50. The van der Waals surface area contributed by atoms with E-state index in [2.05, 4.69) is 31.3 Å². The van der Waals surface area contributed by atoms with Gasteiger partial charge in [0.1, 0.15) is 5.75 Å². The van der Waals surface area contributed by atoms with Gasteiger partial charge in [0.05, 0.1) is 23.8 Å². The zero-order valence-corrected chi connectivity index (χ0v) is 20.1. The fourth-order valence-electron chi connectivity index (χ4n) is 4.39. The smallest absolute Gasteiger partial charge is 0.373 e. The van der Waals surface area contributed by atoms with Crippen LogP contribution in [-0.4, -0.2) is 33.0 Å². The Kier molecular flexibility index (Phi) is 9.20. The van der Waals surface area contributed by atoms with Crippen LogP contribution < -0.4 is 10.1 Å². The Bertz CT molecular complexity index is 1030. The highest BCUT2D eigenvalue weighted by Crippen LogP contribution is 2.40. The third-order valence-electron chi connectivity index (χ3n) is 6.18. The molecule has 7 heteroatoms. The third-order valence-corrected chi connectivity index (χ3v) is 8.13. The van der Waals surface area contributed by atoms with Gasteiger partial charge in [0.25, 0.3) is 0 Å². The molecule has 0 radical (unpaired) electrons. The van der Waals surface area contributed by atoms with Crippen molar-refractivity contribution in [2.75, 3.05) is 12.9 Å². The van der Waals surface area contributed by atoms with Crippen LogP contribution in [-0.2, 0) is 25.8 Å². The molecule has 0 aliphatic carbocycles. The van der Waals surface area contributed by atoms with Crippen molar-refractivity contribution in [2.24, 2.45) is 0 Å². The summed E-state index contributed by atoms with van der Waals surface area (Å²) in [5.74, 6) is 0.879. The summed E-state index contributed by atoms with van der Waals surface area (Å²) in [4.78, 5) is 16.7. The molecule has 1 aliphatic heterocycles. The minimum atomic E-state index is -3.45. The SMILES string of the molecule is CCCC[C@]1(CC)CS(=O)(=O)c2cc(CC)c(OC)cc2[C@@H](c2ccccc2)N1.O=C=O. The Morgan fingerprint density at radius 3 is 2.31 bits per heavy atom. The molecule has 1 aliphatic rings. The molecule has 0 aromatic heterocycles. The standard InChI is InChI=1S/C24H33NO3S.CO2/c1-5-8-14-24(7-3)17-29(26,27)22-15-18(6-2)21(28-4)16-20(22)23(25-24)19-12-10-9-11-13-19;2-1-3/h9-13,15-16,23,25H,5-8,14,17H2,1-4H3;/t23-,24-;/m1./s1. The van der Waals surface area contributed by atoms with E-state index in [1.165, 1.54) is 0 Å². The minimum absolute atomic E-state index is 0.127. The van der Waals surface area contributed by atoms with Crippen LogP contribution in [0.4, 0.5) is 0 Å². The molecule has 1 heterocycles. The summed E-state index contributed by atoms with van der Waals surface area (Å²) in [5.41, 5.74) is 2.34. The fourth-order valence-corrected chi connectivity index (χ4v) is 6.57. The van der Waals surface area contributed by atoms with Gasteiger partial charge in [0.15, 0.2) is 9.84 Å². The quantitative estimate of drug-likeness (QED) is 0.657. The second-order valence-corrected chi connectivity index (χ2v) is 10.1. The Morgan fingerprint density at radius 2 is 1.78 bits per heavy atom. The molecule has 0 saturated heterocycles. The molecule has 2 aromatic carbocycles. The number of hydrogen-bond acceptors (Lipinski definition) is 6. The summed E-state index contributed by atoms with van der Waals surface area (Å²) >= 11 is 0. The molecule has 2 aromatic rings. The van der Waals surface area contributed by atoms with Crippen molar-refractivity contribution in [3.8, 4) is 5.75 Å². The first kappa shape index (κ1) is 25.8. The van der Waals surface area contributed by atoms with Crippen LogP contribution >= 0.6 is 0 Å². The summed E-state index contributed by atoms with van der Waals surface area (Å²) in [6, 6.07) is 13.7. The van der Waals surface area contributed by atoms with E-state index in [0.29, 0.717) is 4.90 Å². The van der Waals surface area contributed by atoms with Crippen LogP contribution in [0.15, 0.2) is 47.4 Å². The molecule has 6 nitrogen and oxygen atoms in total. The molecule has 2 atom stereocenters. The predicted molar refractivity (Wildman–Crippen MR) is 123 cm³/mol. The highest BCUT2D eigenvalue weighted by molar-refractivity contribution is 7.91. The maximum Gasteiger partial charge on any atom is 0.373 e. The summed E-state index contributed by atoms with van der Waals surface area (Å²) in [7, 11) is -1.80. The number of ether oxygens (including phenoxy) is 1. The van der Waals surface area contributed by atoms with Gasteiger partial charge in [-0.2, -0.15) is 9.59 Å². The molecule has 0 saturated carbocycles. The van der Waals surface area contributed by atoms with Crippen LogP contribution in [0.1, 0.15) is 69.2 Å². The van der Waals surface area contributed by atoms with Gasteiger partial charge in [-0.15, -0.1) is 0 Å². The number of methoxy groups -OCH3 is 1. The maximum absolute atomic E-state index is 13.6. The van der Waals surface area contributed by atoms with Crippen molar-refractivity contribution in [3.05, 3.63) is 59.2 Å². The van der Waals surface area contributed by atoms with Crippen molar-refractivity contribution in [2.45, 2.75) is 69.4 Å². The van der Waals surface area contributed by atoms with Gasteiger partial charge in [-0.05, 0) is 48.1 Å². The van der Waals surface area contributed by atoms with E-state index in [-0.39, 0.29) is 17.9 Å². The van der Waals surface area contributed by atoms with Crippen LogP contribution in [0.2, 0.25) is 0 Å². The maximum atomic E-state index is 13.6. The molecule has 0 bridgehead atoms. The minimum Gasteiger partial charge on any atom is -0.496 e. The van der Waals surface area contributed by atoms with Crippen molar-refractivity contribution >= 4 is 16.0 Å². The first-order valence-electron chi connectivity index (χ1n) is 11.1. The highest BCUT2D eigenvalue weighted by atomic mass is 32.2. The number of aryl methyl sites for hydroxylation is 1. The number of sulfone groups is 1. The normalized spacial score (nSPS) is 21.3. The third kappa shape index (κ3) is 5.66. The first-order valence-corrected chi connectivity index (χ1v) is 12.7. The van der Waals surface area contributed by atoms with Crippen molar-refractivity contribution < 1.29 is 22.7 Å². The number of unbranched alkanes of at least 4 members (excludes halogenated alkanes) is 1. The Morgan fingerprint density at radius 1 is 1.12 bits per heavy atom. The second-order valence-electron chi connectivity index (χ2n) is 8.12. The molecule has 3 rings (SSSR count). The summed E-state index contributed by atoms with van der Waals surface area (Å²) in [5, 5.41) is 3.80. The molecular weight excluding hydrogens is 426 g/mol. The molecule has 0 unspecified atom stereocenters. The second kappa shape index (κ2) is 11.4. The lowest BCUT2D eigenvalue weighted by atomic mass is 9.87. The molecular formula is C25H33NO5S. The number of carbonyl (C=O) groups excluding carboxylic acids is 2. The number of fused-ring (bicyclic) bond motifs is 1. The average molecular weight is 460 g/mol. The molecule has 0 spiro atoms. The number of benzene rings is 2. The summed E-state index contributed by atoms with van der Waals surface area (Å²) in [6.45, 7) is 6.27. The fraction of sp³-hybridized carbons (Fsp3) is 0.480. The zero-order valence-electron chi connectivity index (χ0n) is 19.3. The van der Waals surface area contributed by atoms with Crippen molar-refractivity contribution in [1.29, 1.82) is 0 Å². The van der Waals surface area contributed by atoms with E-state index in [9.17, 15) is 8.42 Å². The molecule has 1 N–H and O–H groups in total. The van der Waals surface area contributed by atoms with E-state index in [0.717, 1.165) is 54.5 Å². The average Bonchev–Trinajstić information content (AvgIpc) is 2.90. The van der Waals surface area contributed by atoms with Crippen LogP contribution in [0, 0.1) is 0 Å². The zero-order chi connectivity index (χ0) is 23.8. The van der Waals surface area contributed by atoms with Gasteiger partial charge in [-0.25, -0.2) is 8.42 Å². The number of hydrogen-bond donors (Lipinski definition) is 1. The van der Waals surface area contributed by atoms with Crippen molar-refractivity contribution in [3.63, 3.8) is 0 Å². The molecule has 0 amide bonds. The Hall–Kier alpha value is -2.47. The van der Waals surface area contributed by atoms with E-state index < -0.39 is 15.4 Å².